The number of aliphatic hydroxyl groups excluding tert-OH is 1. The molecule has 0 radical (unpaired) electrons. The first-order valence-corrected chi connectivity index (χ1v) is 5.96. The Morgan fingerprint density at radius 1 is 1.33 bits per heavy atom. The molecule has 0 aliphatic rings. The van der Waals surface area contributed by atoms with Gasteiger partial charge >= 0.3 is 6.18 Å². The van der Waals surface area contributed by atoms with E-state index in [1.54, 1.807) is 10.8 Å². The molecule has 1 heterocycles. The summed E-state index contributed by atoms with van der Waals surface area (Å²) in [7, 11) is 0. The van der Waals surface area contributed by atoms with Gasteiger partial charge in [0, 0.05) is 24.5 Å². The maximum Gasteiger partial charge on any atom is 0.418 e. The SMILES string of the molecule is C=CCCCCCn1ccc(C(O)C(F)(F)F)c1. The van der Waals surface area contributed by atoms with Crippen LogP contribution in [0.25, 0.3) is 0 Å². The molecule has 1 N–H and O–H groups in total. The smallest absolute Gasteiger partial charge is 0.379 e. The molecule has 1 atom stereocenters. The third kappa shape index (κ3) is 4.56. The standard InChI is InChI=1S/C13H18F3NO/c1-2-3-4-5-6-8-17-9-7-11(10-17)12(18)13(14,15)16/h2,7,9-10,12,18H,1,3-6,8H2. The number of aliphatic hydroxyl groups is 1. The average molecular weight is 261 g/mol. The normalized spacial score (nSPS) is 13.6. The Balaban J connectivity index is 2.41. The number of alkyl halides is 3. The second kappa shape index (κ2) is 6.64. The van der Waals surface area contributed by atoms with Crippen LogP contribution in [0.1, 0.15) is 37.4 Å². The van der Waals surface area contributed by atoms with Gasteiger partial charge in [-0.15, -0.1) is 6.58 Å². The molecule has 5 heteroatoms. The van der Waals surface area contributed by atoms with Gasteiger partial charge < -0.3 is 9.67 Å². The third-order valence-electron chi connectivity index (χ3n) is 2.72. The zero-order valence-electron chi connectivity index (χ0n) is 10.2. The molecule has 2 nitrogen and oxygen atoms in total. The van der Waals surface area contributed by atoms with E-state index in [9.17, 15) is 13.2 Å². The largest absolute Gasteiger partial charge is 0.418 e. The van der Waals surface area contributed by atoms with Crippen LogP contribution >= 0.6 is 0 Å². The van der Waals surface area contributed by atoms with Gasteiger partial charge in [0.15, 0.2) is 6.10 Å². The lowest BCUT2D eigenvalue weighted by atomic mass is 10.2. The Kier molecular flexibility index (Phi) is 5.47. The number of allylic oxidation sites excluding steroid dienone is 1. The molecule has 1 aromatic rings. The van der Waals surface area contributed by atoms with Crippen LogP contribution in [0, 0.1) is 0 Å². The van der Waals surface area contributed by atoms with Crippen molar-refractivity contribution in [1.29, 1.82) is 0 Å². The number of halogens is 3. The van der Waals surface area contributed by atoms with E-state index < -0.39 is 12.3 Å². The lowest BCUT2D eigenvalue weighted by molar-refractivity contribution is -0.206. The van der Waals surface area contributed by atoms with E-state index in [1.165, 1.54) is 12.3 Å². The van der Waals surface area contributed by atoms with Crippen molar-refractivity contribution >= 4 is 0 Å². The Hall–Kier alpha value is -1.23. The summed E-state index contributed by atoms with van der Waals surface area (Å²) in [5.41, 5.74) is -0.103. The fraction of sp³-hybridized carbons (Fsp3) is 0.538. The topological polar surface area (TPSA) is 25.2 Å². The minimum absolute atomic E-state index is 0.103. The van der Waals surface area contributed by atoms with Crippen LogP contribution in [-0.4, -0.2) is 15.8 Å². The molecule has 1 aromatic heterocycles. The van der Waals surface area contributed by atoms with Gasteiger partial charge in [-0.2, -0.15) is 13.2 Å². The van der Waals surface area contributed by atoms with Crippen molar-refractivity contribution in [2.75, 3.05) is 0 Å². The van der Waals surface area contributed by atoms with Crippen molar-refractivity contribution in [2.24, 2.45) is 0 Å². The van der Waals surface area contributed by atoms with Gasteiger partial charge in [-0.3, -0.25) is 0 Å². The summed E-state index contributed by atoms with van der Waals surface area (Å²) < 4.78 is 38.5. The number of aromatic nitrogens is 1. The summed E-state index contributed by atoms with van der Waals surface area (Å²) in [6.07, 6.45) is 1.71. The number of hydrogen-bond acceptors (Lipinski definition) is 1. The van der Waals surface area contributed by atoms with Crippen molar-refractivity contribution in [3.63, 3.8) is 0 Å². The minimum Gasteiger partial charge on any atom is -0.379 e. The summed E-state index contributed by atoms with van der Waals surface area (Å²) >= 11 is 0. The predicted molar refractivity (Wildman–Crippen MR) is 64.1 cm³/mol. The third-order valence-corrected chi connectivity index (χ3v) is 2.72. The van der Waals surface area contributed by atoms with E-state index in [2.05, 4.69) is 6.58 Å². The number of aryl methyl sites for hydroxylation is 1. The molecule has 0 aliphatic carbocycles. The number of hydrogen-bond donors (Lipinski definition) is 1. The van der Waals surface area contributed by atoms with Gasteiger partial charge in [-0.05, 0) is 25.3 Å². The van der Waals surface area contributed by atoms with Crippen molar-refractivity contribution in [1.82, 2.24) is 4.57 Å². The highest BCUT2D eigenvalue weighted by atomic mass is 19.4. The van der Waals surface area contributed by atoms with E-state index in [0.29, 0.717) is 6.54 Å². The maximum atomic E-state index is 12.3. The van der Waals surface area contributed by atoms with E-state index in [4.69, 9.17) is 5.11 Å². The van der Waals surface area contributed by atoms with Crippen LogP contribution in [0.15, 0.2) is 31.1 Å². The number of unbranched alkanes of at least 4 members (excludes halogenated alkanes) is 3. The number of rotatable bonds is 7. The molecule has 1 rings (SSSR count). The first-order chi connectivity index (χ1) is 8.45. The van der Waals surface area contributed by atoms with E-state index in [1.807, 2.05) is 6.08 Å². The summed E-state index contributed by atoms with van der Waals surface area (Å²) in [6.45, 7) is 4.29. The molecule has 0 bridgehead atoms. The second-order valence-electron chi connectivity index (χ2n) is 4.26. The maximum absolute atomic E-state index is 12.3. The number of nitrogens with zero attached hydrogens (tertiary/aromatic N) is 1. The van der Waals surface area contributed by atoms with Crippen LogP contribution in [-0.2, 0) is 6.54 Å². The molecule has 0 spiro atoms. The molecule has 0 fully saturated rings. The predicted octanol–water partition coefficient (Wildman–Crippen LogP) is 3.83. The minimum atomic E-state index is -4.60. The fourth-order valence-electron chi connectivity index (χ4n) is 1.71. The quantitative estimate of drug-likeness (QED) is 0.585. The highest BCUT2D eigenvalue weighted by Gasteiger charge is 2.39. The second-order valence-corrected chi connectivity index (χ2v) is 4.26. The Morgan fingerprint density at radius 2 is 2.06 bits per heavy atom. The van der Waals surface area contributed by atoms with Crippen LogP contribution in [0.2, 0.25) is 0 Å². The van der Waals surface area contributed by atoms with Crippen LogP contribution < -0.4 is 0 Å². The molecule has 0 aromatic carbocycles. The van der Waals surface area contributed by atoms with Crippen molar-refractivity contribution in [3.8, 4) is 0 Å². The molecular weight excluding hydrogens is 243 g/mol. The van der Waals surface area contributed by atoms with E-state index in [-0.39, 0.29) is 5.56 Å². The van der Waals surface area contributed by atoms with Crippen molar-refractivity contribution in [3.05, 3.63) is 36.7 Å². The Morgan fingerprint density at radius 3 is 2.67 bits per heavy atom. The molecule has 18 heavy (non-hydrogen) atoms. The summed E-state index contributed by atoms with van der Waals surface area (Å²) in [6, 6.07) is 1.31. The molecule has 1 unspecified atom stereocenters. The molecule has 102 valence electrons. The summed E-state index contributed by atoms with van der Waals surface area (Å²) in [4.78, 5) is 0. The van der Waals surface area contributed by atoms with Gasteiger partial charge in [0.25, 0.3) is 0 Å². The first-order valence-electron chi connectivity index (χ1n) is 5.96. The highest BCUT2D eigenvalue weighted by Crippen LogP contribution is 2.32. The van der Waals surface area contributed by atoms with Crippen molar-refractivity contribution in [2.45, 2.75) is 44.5 Å². The van der Waals surface area contributed by atoms with Gasteiger partial charge in [0.1, 0.15) is 0 Å². The van der Waals surface area contributed by atoms with Crippen molar-refractivity contribution < 1.29 is 18.3 Å². The molecule has 0 aliphatic heterocycles. The lowest BCUT2D eigenvalue weighted by Gasteiger charge is -2.12. The zero-order valence-corrected chi connectivity index (χ0v) is 10.2. The van der Waals surface area contributed by atoms with E-state index in [0.717, 1.165) is 25.7 Å². The summed E-state index contributed by atoms with van der Waals surface area (Å²) in [5, 5.41) is 9.06. The molecule has 0 saturated heterocycles. The van der Waals surface area contributed by atoms with Gasteiger partial charge in [-0.1, -0.05) is 12.5 Å². The fourth-order valence-corrected chi connectivity index (χ4v) is 1.71. The van der Waals surface area contributed by atoms with Gasteiger partial charge in [0.2, 0.25) is 0 Å². The average Bonchev–Trinajstić information content (AvgIpc) is 2.75. The van der Waals surface area contributed by atoms with Crippen LogP contribution in [0.5, 0.6) is 0 Å². The van der Waals surface area contributed by atoms with Crippen LogP contribution in [0.4, 0.5) is 13.2 Å². The van der Waals surface area contributed by atoms with E-state index >= 15 is 0 Å². The highest BCUT2D eigenvalue weighted by molar-refractivity contribution is 5.15. The lowest BCUT2D eigenvalue weighted by Crippen LogP contribution is -2.19. The zero-order chi connectivity index (χ0) is 13.6. The van der Waals surface area contributed by atoms with Gasteiger partial charge in [0.05, 0.1) is 0 Å². The molecule has 0 saturated carbocycles. The monoisotopic (exact) mass is 261 g/mol. The Labute approximate surface area is 105 Å². The van der Waals surface area contributed by atoms with Crippen LogP contribution in [0.3, 0.4) is 0 Å². The first kappa shape index (κ1) is 14.8. The van der Waals surface area contributed by atoms with Gasteiger partial charge in [-0.25, -0.2) is 0 Å². The molecule has 0 amide bonds. The summed E-state index contributed by atoms with van der Waals surface area (Å²) in [5.74, 6) is 0. The Bertz CT molecular complexity index is 371. The molecular formula is C13H18F3NO.